The fourth-order valence-electron chi connectivity index (χ4n) is 5.17. The number of nitrogens with zero attached hydrogens (tertiary/aromatic N) is 5. The number of nitriles is 1. The second-order valence-electron chi connectivity index (χ2n) is 10.2. The molecule has 2 amide bonds. The van der Waals surface area contributed by atoms with Crippen molar-refractivity contribution < 1.29 is 23.5 Å². The third-order valence-corrected chi connectivity index (χ3v) is 7.45. The molecule has 0 spiro atoms. The van der Waals surface area contributed by atoms with E-state index < -0.39 is 17.7 Å². The number of morpholine rings is 1. The Bertz CT molecular complexity index is 1460. The summed E-state index contributed by atoms with van der Waals surface area (Å²) in [6.07, 6.45) is 2.30. The first-order valence-corrected chi connectivity index (χ1v) is 13.7. The normalized spacial score (nSPS) is 17.8. The topological polar surface area (TPSA) is 160 Å². The molecule has 3 aromatic rings. The lowest BCUT2D eigenvalue weighted by atomic mass is 9.91. The molecular formula is C29H33N7O5. The van der Waals surface area contributed by atoms with Crippen molar-refractivity contribution in [2.75, 3.05) is 44.7 Å². The van der Waals surface area contributed by atoms with Crippen LogP contribution in [0.5, 0.6) is 0 Å². The predicted octanol–water partition coefficient (Wildman–Crippen LogP) is 1.98. The highest BCUT2D eigenvalue weighted by atomic mass is 16.5. The summed E-state index contributed by atoms with van der Waals surface area (Å²) in [6.45, 7) is 5.20. The van der Waals surface area contributed by atoms with Crippen molar-refractivity contribution in [1.82, 2.24) is 19.6 Å². The third-order valence-electron chi connectivity index (χ3n) is 7.45. The van der Waals surface area contributed by atoms with Crippen LogP contribution in [-0.2, 0) is 27.4 Å². The smallest absolute Gasteiger partial charge is 0.283 e. The van der Waals surface area contributed by atoms with Crippen LogP contribution in [0.25, 0.3) is 0 Å². The van der Waals surface area contributed by atoms with Gasteiger partial charge < -0.3 is 20.2 Å². The Labute approximate surface area is 237 Å². The molecule has 2 saturated heterocycles. The molecular weight excluding hydrogens is 526 g/mol. The number of carbonyl (C=O) groups is 3. The van der Waals surface area contributed by atoms with Gasteiger partial charge in [-0.25, -0.2) is 0 Å². The average Bonchev–Trinajstić information content (AvgIpc) is 3.59. The molecule has 214 valence electrons. The number of piperidine rings is 1. The van der Waals surface area contributed by atoms with Gasteiger partial charge in [0.05, 0.1) is 36.9 Å². The van der Waals surface area contributed by atoms with Crippen LogP contribution in [0.3, 0.4) is 0 Å². The van der Waals surface area contributed by atoms with Crippen molar-refractivity contribution in [3.05, 3.63) is 70.3 Å². The van der Waals surface area contributed by atoms with Gasteiger partial charge in [-0.05, 0) is 37.0 Å². The largest absolute Gasteiger partial charge is 0.469 e. The van der Waals surface area contributed by atoms with Gasteiger partial charge in [-0.1, -0.05) is 24.3 Å². The molecule has 41 heavy (non-hydrogen) atoms. The molecule has 1 unspecified atom stereocenters. The zero-order valence-electron chi connectivity index (χ0n) is 23.0. The summed E-state index contributed by atoms with van der Waals surface area (Å²) >= 11 is 0. The number of imide groups is 1. The zero-order chi connectivity index (χ0) is 28.9. The Balaban J connectivity index is 1.45. The number of rotatable bonds is 8. The zero-order valence-corrected chi connectivity index (χ0v) is 23.0. The third kappa shape index (κ3) is 6.07. The van der Waals surface area contributed by atoms with Crippen molar-refractivity contribution in [3.8, 4) is 6.07 Å². The molecule has 2 aliphatic rings. The maximum absolute atomic E-state index is 13.7. The fraction of sp³-hybridized carbons (Fsp3) is 0.414. The van der Waals surface area contributed by atoms with Gasteiger partial charge in [0.15, 0.2) is 5.82 Å². The number of nitrogens with two attached hydrogens (primary N) is 1. The van der Waals surface area contributed by atoms with Crippen molar-refractivity contribution in [2.45, 2.75) is 38.8 Å². The number of anilines is 1. The highest BCUT2D eigenvalue weighted by Gasteiger charge is 2.39. The number of furan rings is 1. The van der Waals surface area contributed by atoms with Gasteiger partial charge in [0.25, 0.3) is 5.91 Å². The van der Waals surface area contributed by atoms with Crippen molar-refractivity contribution in [1.29, 1.82) is 5.26 Å². The van der Waals surface area contributed by atoms with E-state index in [1.807, 2.05) is 29.2 Å². The molecule has 0 saturated carbocycles. The van der Waals surface area contributed by atoms with Crippen LogP contribution in [0.4, 0.5) is 5.82 Å². The van der Waals surface area contributed by atoms with E-state index >= 15 is 0 Å². The van der Waals surface area contributed by atoms with Gasteiger partial charge in [-0.2, -0.15) is 15.0 Å². The minimum absolute atomic E-state index is 0.0953. The molecule has 2 aliphatic heterocycles. The number of benzene rings is 1. The number of aromatic nitrogens is 2. The lowest BCUT2D eigenvalue weighted by Gasteiger charge is -2.33. The summed E-state index contributed by atoms with van der Waals surface area (Å²) in [4.78, 5) is 43.5. The first kappa shape index (κ1) is 28.2. The minimum atomic E-state index is -0.837. The van der Waals surface area contributed by atoms with E-state index in [9.17, 15) is 19.6 Å². The summed E-state index contributed by atoms with van der Waals surface area (Å²) in [5.74, 6) is -1.31. The van der Waals surface area contributed by atoms with E-state index in [0.717, 1.165) is 15.8 Å². The highest BCUT2D eigenvalue weighted by Crippen LogP contribution is 2.34. The summed E-state index contributed by atoms with van der Waals surface area (Å²) in [5, 5.41) is 18.0. The van der Waals surface area contributed by atoms with Gasteiger partial charge in [-0.15, -0.1) is 0 Å². The minimum Gasteiger partial charge on any atom is -0.469 e. The van der Waals surface area contributed by atoms with Gasteiger partial charge in [0, 0.05) is 32.7 Å². The number of amides is 2. The molecule has 12 nitrogen and oxygen atoms in total. The van der Waals surface area contributed by atoms with Gasteiger partial charge in [-0.3, -0.25) is 24.2 Å². The Kier molecular flexibility index (Phi) is 8.58. The molecule has 4 heterocycles. The van der Waals surface area contributed by atoms with Gasteiger partial charge in [0.2, 0.25) is 11.8 Å². The van der Waals surface area contributed by atoms with E-state index in [-0.39, 0.29) is 35.1 Å². The van der Waals surface area contributed by atoms with Crippen LogP contribution in [-0.4, -0.2) is 76.7 Å². The molecule has 0 aliphatic carbocycles. The summed E-state index contributed by atoms with van der Waals surface area (Å²) in [7, 11) is 0. The predicted molar refractivity (Wildman–Crippen MR) is 148 cm³/mol. The lowest BCUT2D eigenvalue weighted by Crippen LogP contribution is -2.50. The molecule has 1 atom stereocenters. The fourth-order valence-corrected chi connectivity index (χ4v) is 5.17. The molecule has 2 fully saturated rings. The van der Waals surface area contributed by atoms with Crippen LogP contribution in [0.15, 0.2) is 41.0 Å². The van der Waals surface area contributed by atoms with Crippen LogP contribution in [0.1, 0.15) is 57.3 Å². The van der Waals surface area contributed by atoms with E-state index in [1.54, 1.807) is 13.0 Å². The summed E-state index contributed by atoms with van der Waals surface area (Å²) in [5.41, 5.74) is 8.12. The first-order chi connectivity index (χ1) is 19.9. The molecule has 12 heteroatoms. The van der Waals surface area contributed by atoms with Gasteiger partial charge >= 0.3 is 0 Å². The van der Waals surface area contributed by atoms with Crippen LogP contribution < -0.4 is 11.1 Å². The number of aryl methyl sites for hydroxylation is 1. The van der Waals surface area contributed by atoms with Crippen molar-refractivity contribution in [3.63, 3.8) is 0 Å². The van der Waals surface area contributed by atoms with E-state index in [1.165, 1.54) is 11.2 Å². The quantitative estimate of drug-likeness (QED) is 0.418. The Morgan fingerprint density at radius 3 is 2.56 bits per heavy atom. The highest BCUT2D eigenvalue weighted by molar-refractivity contribution is 6.01. The Morgan fingerprint density at radius 2 is 1.90 bits per heavy atom. The number of hydrogen-bond acceptors (Lipinski definition) is 10. The monoisotopic (exact) mass is 559 g/mol. The number of ether oxygens (including phenoxy) is 1. The maximum atomic E-state index is 13.7. The maximum Gasteiger partial charge on any atom is 0.283 e. The number of hydrogen-bond donors (Lipinski definition) is 2. The molecule has 3 N–H and O–H groups in total. The van der Waals surface area contributed by atoms with Crippen LogP contribution in [0, 0.1) is 18.3 Å². The molecule has 0 bridgehead atoms. The van der Waals surface area contributed by atoms with E-state index in [4.69, 9.17) is 14.9 Å². The van der Waals surface area contributed by atoms with E-state index in [2.05, 4.69) is 16.5 Å². The Morgan fingerprint density at radius 1 is 1.17 bits per heavy atom. The molecule has 1 aromatic carbocycles. The second-order valence-corrected chi connectivity index (χ2v) is 10.2. The molecule has 2 aromatic heterocycles. The van der Waals surface area contributed by atoms with Crippen molar-refractivity contribution >= 4 is 23.5 Å². The van der Waals surface area contributed by atoms with Crippen LogP contribution in [0.2, 0.25) is 0 Å². The summed E-state index contributed by atoms with van der Waals surface area (Å²) < 4.78 is 11.8. The Hall–Kier alpha value is -4.31. The lowest BCUT2D eigenvalue weighted by molar-refractivity contribution is -0.149. The first-order valence-electron chi connectivity index (χ1n) is 13.7. The molecule has 0 radical (unpaired) electrons. The standard InChI is InChI=1S/C29H33N7O5/c1-19-13-22(18-41-19)28(38)36-27(32-16-21-6-4-20(14-30)5-7-21)24(15-31)26(33-36)23-3-2-8-35(29(23)39)25(37)17-34-9-11-40-12-10-34/h4-7,13,18,23,32H,2-3,8-12,14,16-17,30H2,1H3. The number of nitrogens with one attached hydrogen (secondary N) is 1. The average molecular weight is 560 g/mol. The number of likely N-dealkylation sites (tertiary alicyclic amines) is 1. The van der Waals surface area contributed by atoms with Crippen molar-refractivity contribution in [2.24, 2.45) is 5.73 Å². The SMILES string of the molecule is Cc1cc(C(=O)n2nc(C3CCCN(C(=O)CN4CCOCC4)C3=O)c(C#N)c2NCc2ccc(CN)cc2)co1. The summed E-state index contributed by atoms with van der Waals surface area (Å²) in [6, 6.07) is 11.4. The van der Waals surface area contributed by atoms with E-state index in [0.29, 0.717) is 64.5 Å². The molecule has 5 rings (SSSR count). The second kappa shape index (κ2) is 12.5. The van der Waals surface area contributed by atoms with Crippen LogP contribution >= 0.6 is 0 Å². The van der Waals surface area contributed by atoms with Gasteiger partial charge in [0.1, 0.15) is 23.7 Å². The number of carbonyl (C=O) groups excluding carboxylic acids is 3.